The normalized spacial score (nSPS) is 11.2. The van der Waals surface area contributed by atoms with Gasteiger partial charge in [-0.25, -0.2) is 4.98 Å². The van der Waals surface area contributed by atoms with E-state index in [2.05, 4.69) is 10.3 Å². The fraction of sp³-hybridized carbons (Fsp3) is 0.0833. The van der Waals surface area contributed by atoms with E-state index < -0.39 is 17.6 Å². The van der Waals surface area contributed by atoms with Crippen LogP contribution in [0.1, 0.15) is 15.9 Å². The van der Waals surface area contributed by atoms with Gasteiger partial charge in [0.05, 0.1) is 24.4 Å². The number of alkyl halides is 3. The van der Waals surface area contributed by atoms with Crippen LogP contribution in [0.4, 0.5) is 18.9 Å². The van der Waals surface area contributed by atoms with Crippen LogP contribution in [0.25, 0.3) is 22.8 Å². The molecular weight excluding hydrogens is 421 g/mol. The zero-order valence-corrected chi connectivity index (χ0v) is 16.8. The van der Waals surface area contributed by atoms with Crippen molar-refractivity contribution in [1.82, 2.24) is 4.98 Å². The highest BCUT2D eigenvalue weighted by Crippen LogP contribution is 2.32. The SMILES string of the molecule is COc1ccc(-c2cnc(-c3ccccc3C(=O)Nc3cccc(C(F)(F)F)c3)o2)cc1. The van der Waals surface area contributed by atoms with Gasteiger partial charge in [0.15, 0.2) is 5.76 Å². The maximum absolute atomic E-state index is 13.0. The zero-order chi connectivity index (χ0) is 22.7. The summed E-state index contributed by atoms with van der Waals surface area (Å²) in [6, 6.07) is 18.2. The molecule has 0 fully saturated rings. The number of ether oxygens (including phenoxy) is 1. The molecule has 0 unspecified atom stereocenters. The van der Waals surface area contributed by atoms with Gasteiger partial charge in [-0.15, -0.1) is 0 Å². The third-order valence-corrected chi connectivity index (χ3v) is 4.73. The van der Waals surface area contributed by atoms with Crippen molar-refractivity contribution in [3.63, 3.8) is 0 Å². The Morgan fingerprint density at radius 1 is 1.00 bits per heavy atom. The van der Waals surface area contributed by atoms with Gasteiger partial charge in [-0.1, -0.05) is 18.2 Å². The summed E-state index contributed by atoms with van der Waals surface area (Å²) in [5, 5.41) is 2.51. The van der Waals surface area contributed by atoms with Crippen LogP contribution >= 0.6 is 0 Å². The van der Waals surface area contributed by atoms with Gasteiger partial charge in [0, 0.05) is 16.8 Å². The largest absolute Gasteiger partial charge is 0.497 e. The first kappa shape index (κ1) is 21.2. The molecule has 0 aliphatic rings. The first-order chi connectivity index (χ1) is 15.3. The van der Waals surface area contributed by atoms with Gasteiger partial charge >= 0.3 is 6.18 Å². The number of carbonyl (C=O) groups excluding carboxylic acids is 1. The van der Waals surface area contributed by atoms with E-state index in [9.17, 15) is 18.0 Å². The monoisotopic (exact) mass is 438 g/mol. The van der Waals surface area contributed by atoms with E-state index in [0.29, 0.717) is 17.1 Å². The first-order valence-electron chi connectivity index (χ1n) is 9.53. The number of hydrogen-bond acceptors (Lipinski definition) is 4. The quantitative estimate of drug-likeness (QED) is 0.398. The highest BCUT2D eigenvalue weighted by atomic mass is 19.4. The van der Waals surface area contributed by atoms with Crippen LogP contribution in [0.3, 0.4) is 0 Å². The molecule has 32 heavy (non-hydrogen) atoms. The number of nitrogens with zero attached hydrogens (tertiary/aromatic N) is 1. The molecule has 3 aromatic carbocycles. The summed E-state index contributed by atoms with van der Waals surface area (Å²) in [5.41, 5.74) is 0.589. The van der Waals surface area contributed by atoms with Gasteiger partial charge < -0.3 is 14.5 Å². The lowest BCUT2D eigenvalue weighted by molar-refractivity contribution is -0.137. The van der Waals surface area contributed by atoms with Crippen LogP contribution in [-0.4, -0.2) is 18.0 Å². The van der Waals surface area contributed by atoms with Gasteiger partial charge in [0.25, 0.3) is 5.91 Å². The number of aromatic nitrogens is 1. The lowest BCUT2D eigenvalue weighted by atomic mass is 10.1. The molecule has 1 amide bonds. The molecule has 4 rings (SSSR count). The fourth-order valence-electron chi connectivity index (χ4n) is 3.13. The number of nitrogens with one attached hydrogen (secondary N) is 1. The molecule has 1 heterocycles. The summed E-state index contributed by atoms with van der Waals surface area (Å²) < 4.78 is 49.9. The van der Waals surface area contributed by atoms with E-state index in [-0.39, 0.29) is 17.1 Å². The van der Waals surface area contributed by atoms with Crippen LogP contribution in [-0.2, 0) is 6.18 Å². The average Bonchev–Trinajstić information content (AvgIpc) is 3.29. The molecule has 0 saturated carbocycles. The number of benzene rings is 3. The highest BCUT2D eigenvalue weighted by molar-refractivity contribution is 6.08. The smallest absolute Gasteiger partial charge is 0.416 e. The van der Waals surface area contributed by atoms with Gasteiger partial charge in [-0.2, -0.15) is 13.2 Å². The predicted octanol–water partition coefficient (Wildman–Crippen LogP) is 6.29. The average molecular weight is 438 g/mol. The lowest BCUT2D eigenvalue weighted by Crippen LogP contribution is -2.14. The Hall–Kier alpha value is -4.07. The van der Waals surface area contributed by atoms with E-state index in [1.54, 1.807) is 49.7 Å². The number of anilines is 1. The molecule has 0 atom stereocenters. The maximum Gasteiger partial charge on any atom is 0.416 e. The van der Waals surface area contributed by atoms with Crippen molar-refractivity contribution in [2.24, 2.45) is 0 Å². The summed E-state index contributed by atoms with van der Waals surface area (Å²) in [6.45, 7) is 0. The minimum Gasteiger partial charge on any atom is -0.497 e. The molecule has 1 aromatic heterocycles. The van der Waals surface area contributed by atoms with Crippen LogP contribution in [0.15, 0.2) is 83.4 Å². The van der Waals surface area contributed by atoms with Gasteiger partial charge in [-0.05, 0) is 54.6 Å². The molecule has 1 N–H and O–H groups in total. The molecule has 0 aliphatic carbocycles. The molecule has 4 aromatic rings. The van der Waals surface area contributed by atoms with Crippen molar-refractivity contribution in [3.05, 3.63) is 90.1 Å². The minimum atomic E-state index is -4.51. The molecule has 162 valence electrons. The summed E-state index contributed by atoms with van der Waals surface area (Å²) in [6.07, 6.45) is -2.97. The lowest BCUT2D eigenvalue weighted by Gasteiger charge is -2.11. The summed E-state index contributed by atoms with van der Waals surface area (Å²) >= 11 is 0. The van der Waals surface area contributed by atoms with E-state index in [0.717, 1.165) is 17.7 Å². The number of methoxy groups -OCH3 is 1. The number of carbonyl (C=O) groups is 1. The number of oxazole rings is 1. The summed E-state index contributed by atoms with van der Waals surface area (Å²) in [4.78, 5) is 17.1. The Morgan fingerprint density at radius 3 is 2.47 bits per heavy atom. The molecule has 0 aliphatic heterocycles. The van der Waals surface area contributed by atoms with Crippen LogP contribution in [0.5, 0.6) is 5.75 Å². The molecule has 5 nitrogen and oxygen atoms in total. The Kier molecular flexibility index (Phi) is 5.68. The second-order valence-corrected chi connectivity index (χ2v) is 6.84. The Balaban J connectivity index is 1.61. The number of hydrogen-bond donors (Lipinski definition) is 1. The molecule has 0 saturated heterocycles. The summed E-state index contributed by atoms with van der Waals surface area (Å²) in [5.74, 6) is 0.829. The van der Waals surface area contributed by atoms with Crippen molar-refractivity contribution in [1.29, 1.82) is 0 Å². The van der Waals surface area contributed by atoms with E-state index >= 15 is 0 Å². The van der Waals surface area contributed by atoms with Crippen LogP contribution in [0, 0.1) is 0 Å². The van der Waals surface area contributed by atoms with Crippen LogP contribution in [0.2, 0.25) is 0 Å². The standard InChI is InChI=1S/C24H17F3N2O3/c1-31-18-11-9-15(10-12-18)21-14-28-23(32-21)20-8-3-2-7-19(20)22(30)29-17-6-4-5-16(13-17)24(25,26)27/h2-14H,1H3,(H,29,30). The van der Waals surface area contributed by atoms with E-state index in [1.165, 1.54) is 12.1 Å². The molecule has 8 heteroatoms. The third-order valence-electron chi connectivity index (χ3n) is 4.73. The molecule has 0 bridgehead atoms. The second kappa shape index (κ2) is 8.58. The van der Waals surface area contributed by atoms with Crippen molar-refractivity contribution in [3.8, 4) is 28.5 Å². The van der Waals surface area contributed by atoms with E-state index in [4.69, 9.17) is 9.15 Å². The Morgan fingerprint density at radius 2 is 1.75 bits per heavy atom. The third kappa shape index (κ3) is 4.49. The summed E-state index contributed by atoms with van der Waals surface area (Å²) in [7, 11) is 1.57. The number of rotatable bonds is 5. The number of halogens is 3. The van der Waals surface area contributed by atoms with Crippen molar-refractivity contribution in [2.75, 3.05) is 12.4 Å². The maximum atomic E-state index is 13.0. The topological polar surface area (TPSA) is 64.4 Å². The van der Waals surface area contributed by atoms with Gasteiger partial charge in [0.2, 0.25) is 5.89 Å². The minimum absolute atomic E-state index is 0.0333. The van der Waals surface area contributed by atoms with Crippen LogP contribution < -0.4 is 10.1 Å². The second-order valence-electron chi connectivity index (χ2n) is 6.84. The van der Waals surface area contributed by atoms with Gasteiger partial charge in [-0.3, -0.25) is 4.79 Å². The molecular formula is C24H17F3N2O3. The fourth-order valence-corrected chi connectivity index (χ4v) is 3.13. The predicted molar refractivity (Wildman–Crippen MR) is 113 cm³/mol. The van der Waals surface area contributed by atoms with E-state index in [1.807, 2.05) is 12.1 Å². The molecule has 0 radical (unpaired) electrons. The van der Waals surface area contributed by atoms with Crippen molar-refractivity contribution >= 4 is 11.6 Å². The Bertz CT molecular complexity index is 1250. The Labute approximate surface area is 181 Å². The van der Waals surface area contributed by atoms with Crippen molar-refractivity contribution < 1.29 is 27.1 Å². The van der Waals surface area contributed by atoms with Crippen molar-refractivity contribution in [2.45, 2.75) is 6.18 Å². The zero-order valence-electron chi connectivity index (χ0n) is 16.8. The number of amides is 1. The highest BCUT2D eigenvalue weighted by Gasteiger charge is 2.30. The molecule has 0 spiro atoms. The first-order valence-corrected chi connectivity index (χ1v) is 9.53. The van der Waals surface area contributed by atoms with Gasteiger partial charge in [0.1, 0.15) is 5.75 Å².